The van der Waals surface area contributed by atoms with Crippen molar-refractivity contribution in [3.05, 3.63) is 48.3 Å². The standard InChI is InChI=1S/C28H36N12O.C2H6S/c1-18-6-12-41-28(30-2)20(15-29)27-31-7-5-24(34-27)33-25-14-23-21(16-32-25)26(36-40(18)23)22-13-19(38(4)35-22)17-39-10-8-37(3)9-11-39;1-3-2/h5,7,13-16,18H,6,8-12,17,29H2,1-4H3,(H,31,32,33,34);1-2H3/b20-15-,30-28?;/t18-;/m0./s1. The minimum atomic E-state index is 0.0236. The van der Waals surface area contributed by atoms with E-state index < -0.39 is 0 Å². The number of rotatable bonds is 3. The molecule has 2 aliphatic rings. The Labute approximate surface area is 262 Å². The summed E-state index contributed by atoms with van der Waals surface area (Å²) >= 11 is 1.75. The van der Waals surface area contributed by atoms with Crippen molar-refractivity contribution in [1.82, 2.24) is 44.3 Å². The van der Waals surface area contributed by atoms with Crippen LogP contribution >= 0.6 is 11.8 Å². The molecule has 44 heavy (non-hydrogen) atoms. The number of thioether (sulfide) groups is 1. The fraction of sp³-hybridized carbons (Fsp3) is 0.467. The zero-order valence-electron chi connectivity index (χ0n) is 26.4. The summed E-state index contributed by atoms with van der Waals surface area (Å²) < 4.78 is 10.1. The Morgan fingerprint density at radius 2 is 1.89 bits per heavy atom. The molecule has 0 amide bonds. The van der Waals surface area contributed by atoms with E-state index in [1.165, 1.54) is 6.20 Å². The Kier molecular flexibility index (Phi) is 10.1. The Morgan fingerprint density at radius 3 is 2.61 bits per heavy atom. The van der Waals surface area contributed by atoms with E-state index in [-0.39, 0.29) is 6.04 Å². The highest BCUT2D eigenvalue weighted by atomic mass is 32.2. The molecule has 234 valence electrons. The first-order valence-electron chi connectivity index (χ1n) is 14.7. The van der Waals surface area contributed by atoms with E-state index >= 15 is 0 Å². The third-order valence-electron chi connectivity index (χ3n) is 7.74. The number of fused-ring (bicyclic) bond motifs is 3. The highest BCUT2D eigenvalue weighted by Crippen LogP contribution is 2.32. The van der Waals surface area contributed by atoms with Crippen molar-refractivity contribution >= 4 is 45.8 Å². The van der Waals surface area contributed by atoms with E-state index in [4.69, 9.17) is 25.7 Å². The van der Waals surface area contributed by atoms with Crippen LogP contribution in [-0.2, 0) is 18.3 Å². The van der Waals surface area contributed by atoms with Gasteiger partial charge in [-0.25, -0.2) is 15.0 Å². The van der Waals surface area contributed by atoms with Gasteiger partial charge >= 0.3 is 0 Å². The van der Waals surface area contributed by atoms with Crippen LogP contribution in [0.4, 0.5) is 11.6 Å². The lowest BCUT2D eigenvalue weighted by Crippen LogP contribution is -2.44. The van der Waals surface area contributed by atoms with Gasteiger partial charge in [0.25, 0.3) is 0 Å². The van der Waals surface area contributed by atoms with Crippen LogP contribution in [0.2, 0.25) is 0 Å². The number of anilines is 2. The van der Waals surface area contributed by atoms with Gasteiger partial charge in [-0.1, -0.05) is 0 Å². The van der Waals surface area contributed by atoms with Gasteiger partial charge in [0.15, 0.2) is 5.82 Å². The molecular formula is C30H42N12OS. The van der Waals surface area contributed by atoms with E-state index in [1.54, 1.807) is 31.1 Å². The SMILES string of the molecule is CN=C1OCC[C@H](C)n2nc(-c3cc(CN4CCN(C)CC4)n(C)n3)c3cnc(cc32)Nc2ccnc(n2)/C1=C/N.CSC. The number of pyridine rings is 1. The lowest BCUT2D eigenvalue weighted by Gasteiger charge is -2.32. The van der Waals surface area contributed by atoms with Crippen molar-refractivity contribution in [1.29, 1.82) is 0 Å². The van der Waals surface area contributed by atoms with Gasteiger partial charge in [-0.05, 0) is 38.6 Å². The molecule has 3 N–H and O–H groups in total. The molecule has 6 rings (SSSR count). The molecular weight excluding hydrogens is 576 g/mol. The van der Waals surface area contributed by atoms with Crippen LogP contribution in [0.5, 0.6) is 0 Å². The lowest BCUT2D eigenvalue weighted by atomic mass is 10.2. The number of aromatic nitrogens is 7. The fourth-order valence-electron chi connectivity index (χ4n) is 5.27. The summed E-state index contributed by atoms with van der Waals surface area (Å²) in [6.07, 6.45) is 9.71. The number of aryl methyl sites for hydroxylation is 1. The van der Waals surface area contributed by atoms with Crippen molar-refractivity contribution in [3.8, 4) is 11.4 Å². The Hall–Kier alpha value is -4.01. The van der Waals surface area contributed by atoms with Gasteiger partial charge in [0, 0.05) is 83.3 Å². The quantitative estimate of drug-likeness (QED) is 0.349. The topological polar surface area (TPSA) is 140 Å². The molecule has 13 nitrogen and oxygen atoms in total. The van der Waals surface area contributed by atoms with Gasteiger partial charge < -0.3 is 20.7 Å². The molecule has 4 aromatic heterocycles. The highest BCUT2D eigenvalue weighted by Gasteiger charge is 2.23. The number of hydrogen-bond donors (Lipinski definition) is 2. The van der Waals surface area contributed by atoms with Crippen molar-refractivity contribution in [3.63, 3.8) is 0 Å². The van der Waals surface area contributed by atoms with E-state index in [9.17, 15) is 0 Å². The number of hydrogen-bond acceptors (Lipinski definition) is 12. The van der Waals surface area contributed by atoms with Gasteiger partial charge in [0.2, 0.25) is 5.90 Å². The Balaban J connectivity index is 0.00000123. The number of piperazine rings is 1. The molecule has 2 aliphatic heterocycles. The van der Waals surface area contributed by atoms with Crippen molar-refractivity contribution in [2.75, 3.05) is 64.7 Å². The third kappa shape index (κ3) is 6.87. The Bertz CT molecular complexity index is 1640. The van der Waals surface area contributed by atoms with Crippen LogP contribution in [0.1, 0.15) is 30.9 Å². The molecule has 0 saturated carbocycles. The summed E-state index contributed by atoms with van der Waals surface area (Å²) in [5, 5.41) is 14.2. The smallest absolute Gasteiger partial charge is 0.221 e. The number of likely N-dealkylation sites (N-methyl/N-ethyl adjacent to an activating group) is 1. The lowest BCUT2D eigenvalue weighted by molar-refractivity contribution is 0.145. The number of nitrogens with two attached hydrogens (primary N) is 1. The maximum atomic E-state index is 6.07. The minimum absolute atomic E-state index is 0.0236. The minimum Gasteiger partial charge on any atom is -0.477 e. The molecule has 4 bridgehead atoms. The second kappa shape index (κ2) is 14.2. The summed E-state index contributed by atoms with van der Waals surface area (Å²) in [4.78, 5) is 22.9. The fourth-order valence-corrected chi connectivity index (χ4v) is 5.27. The summed E-state index contributed by atoms with van der Waals surface area (Å²) in [6.45, 7) is 7.66. The highest BCUT2D eigenvalue weighted by molar-refractivity contribution is 7.97. The summed E-state index contributed by atoms with van der Waals surface area (Å²) in [6, 6.07) is 5.96. The molecule has 1 saturated heterocycles. The largest absolute Gasteiger partial charge is 0.477 e. The van der Waals surface area contributed by atoms with Gasteiger partial charge in [-0.3, -0.25) is 19.3 Å². The molecule has 1 atom stereocenters. The maximum absolute atomic E-state index is 6.07. The van der Waals surface area contributed by atoms with Crippen LogP contribution in [-0.4, -0.2) is 110 Å². The van der Waals surface area contributed by atoms with E-state index in [1.807, 2.05) is 41.2 Å². The summed E-state index contributed by atoms with van der Waals surface area (Å²) in [5.74, 6) is 2.03. The van der Waals surface area contributed by atoms with E-state index in [0.717, 1.165) is 60.7 Å². The molecule has 4 aromatic rings. The second-order valence-electron chi connectivity index (χ2n) is 11.0. The van der Waals surface area contributed by atoms with Crippen molar-refractivity contribution in [2.45, 2.75) is 25.9 Å². The predicted octanol–water partition coefficient (Wildman–Crippen LogP) is 3.40. The van der Waals surface area contributed by atoms with Crippen LogP contribution in [0, 0.1) is 0 Å². The van der Waals surface area contributed by atoms with Gasteiger partial charge in [-0.2, -0.15) is 22.0 Å². The van der Waals surface area contributed by atoms with Crippen molar-refractivity contribution < 1.29 is 4.74 Å². The van der Waals surface area contributed by atoms with Crippen LogP contribution in [0.25, 0.3) is 27.9 Å². The molecule has 14 heteroatoms. The van der Waals surface area contributed by atoms with Crippen molar-refractivity contribution in [2.24, 2.45) is 17.8 Å². The zero-order valence-corrected chi connectivity index (χ0v) is 27.2. The number of aliphatic imine (C=N–C) groups is 1. The maximum Gasteiger partial charge on any atom is 0.221 e. The third-order valence-corrected chi connectivity index (χ3v) is 7.74. The summed E-state index contributed by atoms with van der Waals surface area (Å²) in [5.41, 5.74) is 10.2. The van der Waals surface area contributed by atoms with Crippen LogP contribution in [0.15, 0.2) is 41.8 Å². The van der Waals surface area contributed by atoms with Gasteiger partial charge in [-0.15, -0.1) is 0 Å². The first-order valence-corrected chi connectivity index (χ1v) is 16.3. The average Bonchev–Trinajstić information content (AvgIpc) is 3.57. The van der Waals surface area contributed by atoms with E-state index in [0.29, 0.717) is 42.0 Å². The molecule has 0 radical (unpaired) electrons. The first kappa shape index (κ1) is 31.4. The molecule has 0 unspecified atom stereocenters. The molecule has 0 aliphatic carbocycles. The normalized spacial score (nSPS) is 19.8. The molecule has 1 fully saturated rings. The van der Waals surface area contributed by atoms with E-state index in [2.05, 4.69) is 50.1 Å². The van der Waals surface area contributed by atoms with Crippen LogP contribution in [0.3, 0.4) is 0 Å². The predicted molar refractivity (Wildman–Crippen MR) is 178 cm³/mol. The molecule has 0 aromatic carbocycles. The number of nitrogens with one attached hydrogen (secondary N) is 1. The molecule has 6 heterocycles. The zero-order chi connectivity index (χ0) is 31.2. The second-order valence-corrected chi connectivity index (χ2v) is 11.8. The summed E-state index contributed by atoms with van der Waals surface area (Å²) in [7, 11) is 5.84. The van der Waals surface area contributed by atoms with Crippen LogP contribution < -0.4 is 11.1 Å². The number of nitrogens with zero attached hydrogens (tertiary/aromatic N) is 10. The molecule has 0 spiro atoms. The monoisotopic (exact) mass is 618 g/mol. The Morgan fingerprint density at radius 1 is 1.11 bits per heavy atom. The average molecular weight is 619 g/mol. The first-order chi connectivity index (χ1) is 21.3. The number of ether oxygens (including phenoxy) is 1. The van der Waals surface area contributed by atoms with Gasteiger partial charge in [0.1, 0.15) is 23.0 Å². The van der Waals surface area contributed by atoms with Gasteiger partial charge in [0.05, 0.1) is 29.4 Å².